The largest absolute Gasteiger partial charge is 0.423 e. The van der Waals surface area contributed by atoms with Crippen LogP contribution in [0, 0.1) is 10.1 Å². The number of nitrogens with one attached hydrogen (secondary N) is 1. The SMILES string of the molecule is CCC(CC)(CN)Nc1ccc([N+](=O)[O-])c(C(F)(F)F)c1. The molecule has 0 amide bonds. The molecule has 0 atom stereocenters. The van der Waals surface area contributed by atoms with Gasteiger partial charge in [0.05, 0.1) is 4.92 Å². The minimum Gasteiger partial charge on any atom is -0.378 e. The van der Waals surface area contributed by atoms with Crippen molar-refractivity contribution >= 4 is 11.4 Å². The van der Waals surface area contributed by atoms with E-state index in [2.05, 4.69) is 5.32 Å². The molecular weight excluding hydrogens is 287 g/mol. The number of nitrogens with two attached hydrogens (primary N) is 1. The number of hydrogen-bond acceptors (Lipinski definition) is 4. The van der Waals surface area contributed by atoms with Crippen molar-refractivity contribution in [3.63, 3.8) is 0 Å². The van der Waals surface area contributed by atoms with Gasteiger partial charge in [-0.2, -0.15) is 13.2 Å². The molecular formula is C13H18F3N3O2. The van der Waals surface area contributed by atoms with Crippen molar-refractivity contribution in [3.8, 4) is 0 Å². The smallest absolute Gasteiger partial charge is 0.378 e. The Morgan fingerprint density at radius 1 is 1.29 bits per heavy atom. The molecule has 1 aromatic carbocycles. The van der Waals surface area contributed by atoms with Crippen molar-refractivity contribution in [1.29, 1.82) is 0 Å². The molecule has 21 heavy (non-hydrogen) atoms. The molecule has 0 radical (unpaired) electrons. The van der Waals surface area contributed by atoms with Crippen molar-refractivity contribution in [2.24, 2.45) is 5.73 Å². The molecule has 118 valence electrons. The van der Waals surface area contributed by atoms with Crippen LogP contribution in [0.4, 0.5) is 24.5 Å². The number of halogens is 3. The summed E-state index contributed by atoms with van der Waals surface area (Å²) in [5.41, 5.74) is 3.10. The van der Waals surface area contributed by atoms with E-state index in [9.17, 15) is 23.3 Å². The maximum atomic E-state index is 12.9. The molecule has 0 bridgehead atoms. The quantitative estimate of drug-likeness (QED) is 0.622. The molecule has 0 aliphatic rings. The van der Waals surface area contributed by atoms with E-state index in [0.29, 0.717) is 12.8 Å². The number of benzene rings is 1. The molecule has 8 heteroatoms. The lowest BCUT2D eigenvalue weighted by Crippen LogP contribution is -2.44. The van der Waals surface area contributed by atoms with Crippen molar-refractivity contribution in [1.82, 2.24) is 0 Å². The highest BCUT2D eigenvalue weighted by Gasteiger charge is 2.38. The van der Waals surface area contributed by atoms with Gasteiger partial charge >= 0.3 is 6.18 Å². The fraction of sp³-hybridized carbons (Fsp3) is 0.538. The van der Waals surface area contributed by atoms with E-state index in [1.165, 1.54) is 6.07 Å². The van der Waals surface area contributed by atoms with E-state index in [4.69, 9.17) is 5.73 Å². The minimum atomic E-state index is -4.79. The Morgan fingerprint density at radius 2 is 1.86 bits per heavy atom. The third-order valence-electron chi connectivity index (χ3n) is 3.65. The number of nitro benzene ring substituents is 1. The first-order chi connectivity index (χ1) is 9.69. The van der Waals surface area contributed by atoms with Crippen LogP contribution < -0.4 is 11.1 Å². The Hall–Kier alpha value is -1.83. The maximum Gasteiger partial charge on any atom is 0.423 e. The molecule has 1 rings (SSSR count). The molecule has 0 unspecified atom stereocenters. The molecule has 0 aliphatic heterocycles. The van der Waals surface area contributed by atoms with Gasteiger partial charge in [0.25, 0.3) is 5.69 Å². The van der Waals surface area contributed by atoms with Gasteiger partial charge in [-0.25, -0.2) is 0 Å². The molecule has 0 fully saturated rings. The molecule has 0 saturated carbocycles. The van der Waals surface area contributed by atoms with Crippen LogP contribution in [0.1, 0.15) is 32.3 Å². The van der Waals surface area contributed by atoms with Gasteiger partial charge in [-0.15, -0.1) is 0 Å². The average molecular weight is 305 g/mol. The third-order valence-corrected chi connectivity index (χ3v) is 3.65. The van der Waals surface area contributed by atoms with Gasteiger partial charge in [0.15, 0.2) is 0 Å². The van der Waals surface area contributed by atoms with Gasteiger partial charge in [-0.3, -0.25) is 10.1 Å². The van der Waals surface area contributed by atoms with Gasteiger partial charge in [-0.1, -0.05) is 13.8 Å². The Bertz CT molecular complexity index is 506. The first kappa shape index (κ1) is 17.2. The van der Waals surface area contributed by atoms with Crippen LogP contribution in [-0.4, -0.2) is 17.0 Å². The van der Waals surface area contributed by atoms with E-state index < -0.39 is 27.9 Å². The zero-order chi connectivity index (χ0) is 16.3. The number of hydrogen-bond donors (Lipinski definition) is 2. The van der Waals surface area contributed by atoms with Crippen molar-refractivity contribution in [3.05, 3.63) is 33.9 Å². The monoisotopic (exact) mass is 305 g/mol. The lowest BCUT2D eigenvalue weighted by molar-refractivity contribution is -0.388. The zero-order valence-electron chi connectivity index (χ0n) is 11.8. The highest BCUT2D eigenvalue weighted by atomic mass is 19.4. The topological polar surface area (TPSA) is 81.2 Å². The maximum absolute atomic E-state index is 12.9. The van der Waals surface area contributed by atoms with Gasteiger partial charge in [0.2, 0.25) is 0 Å². The predicted octanol–water partition coefficient (Wildman–Crippen LogP) is 3.54. The molecule has 0 saturated heterocycles. The first-order valence-corrected chi connectivity index (χ1v) is 6.53. The van der Waals surface area contributed by atoms with Crippen molar-refractivity contribution < 1.29 is 18.1 Å². The van der Waals surface area contributed by atoms with Crippen LogP contribution in [0.15, 0.2) is 18.2 Å². The molecule has 0 aromatic heterocycles. The first-order valence-electron chi connectivity index (χ1n) is 6.53. The van der Waals surface area contributed by atoms with Crippen LogP contribution in [0.2, 0.25) is 0 Å². The fourth-order valence-corrected chi connectivity index (χ4v) is 2.07. The van der Waals surface area contributed by atoms with Crippen LogP contribution in [0.5, 0.6) is 0 Å². The summed E-state index contributed by atoms with van der Waals surface area (Å²) >= 11 is 0. The summed E-state index contributed by atoms with van der Waals surface area (Å²) in [4.78, 5) is 9.66. The van der Waals surface area contributed by atoms with E-state index in [1.54, 1.807) is 0 Å². The van der Waals surface area contributed by atoms with Crippen LogP contribution in [0.3, 0.4) is 0 Å². The average Bonchev–Trinajstić information content (AvgIpc) is 2.43. The summed E-state index contributed by atoms with van der Waals surface area (Å²) in [6, 6.07) is 2.88. The highest BCUT2D eigenvalue weighted by Crippen LogP contribution is 2.38. The van der Waals surface area contributed by atoms with Gasteiger partial charge in [0.1, 0.15) is 5.56 Å². The Balaban J connectivity index is 3.26. The van der Waals surface area contributed by atoms with Gasteiger partial charge in [0, 0.05) is 23.8 Å². The third kappa shape index (κ3) is 3.84. The summed E-state index contributed by atoms with van der Waals surface area (Å²) in [5.74, 6) is 0. The van der Waals surface area contributed by atoms with Crippen LogP contribution in [0.25, 0.3) is 0 Å². The molecule has 1 aromatic rings. The molecule has 0 aliphatic carbocycles. The lowest BCUT2D eigenvalue weighted by Gasteiger charge is -2.32. The second-order valence-corrected chi connectivity index (χ2v) is 4.80. The molecule has 3 N–H and O–H groups in total. The lowest BCUT2D eigenvalue weighted by atomic mass is 9.92. The Morgan fingerprint density at radius 3 is 2.24 bits per heavy atom. The standard InChI is InChI=1S/C13H18F3N3O2/c1-3-12(4-2,8-17)18-9-5-6-11(19(20)21)10(7-9)13(14,15)16/h5-7,18H,3-4,8,17H2,1-2H3. The van der Waals surface area contributed by atoms with Crippen LogP contribution >= 0.6 is 0 Å². The Labute approximate surface area is 120 Å². The van der Waals surface area contributed by atoms with Crippen molar-refractivity contribution in [2.45, 2.75) is 38.4 Å². The second kappa shape index (κ2) is 6.30. The minimum absolute atomic E-state index is 0.169. The van der Waals surface area contributed by atoms with Crippen LogP contribution in [-0.2, 0) is 6.18 Å². The summed E-state index contributed by atoms with van der Waals surface area (Å²) in [6.45, 7) is 4.00. The summed E-state index contributed by atoms with van der Waals surface area (Å²) < 4.78 is 38.7. The predicted molar refractivity (Wildman–Crippen MR) is 74.1 cm³/mol. The number of nitro groups is 1. The van der Waals surface area contributed by atoms with Gasteiger partial charge < -0.3 is 11.1 Å². The summed E-state index contributed by atoms with van der Waals surface area (Å²) in [5, 5.41) is 13.7. The van der Waals surface area contributed by atoms with E-state index >= 15 is 0 Å². The van der Waals surface area contributed by atoms with Gasteiger partial charge in [-0.05, 0) is 25.0 Å². The molecule has 5 nitrogen and oxygen atoms in total. The number of nitrogens with zero attached hydrogens (tertiary/aromatic N) is 1. The molecule has 0 heterocycles. The summed E-state index contributed by atoms with van der Waals surface area (Å²) in [6.07, 6.45) is -3.54. The van der Waals surface area contributed by atoms with E-state index in [-0.39, 0.29) is 12.2 Å². The highest BCUT2D eigenvalue weighted by molar-refractivity contribution is 5.56. The summed E-state index contributed by atoms with van der Waals surface area (Å²) in [7, 11) is 0. The van der Waals surface area contributed by atoms with E-state index in [1.807, 2.05) is 13.8 Å². The number of alkyl halides is 3. The normalized spacial score (nSPS) is 12.3. The number of anilines is 1. The van der Waals surface area contributed by atoms with E-state index in [0.717, 1.165) is 12.1 Å². The fourth-order valence-electron chi connectivity index (χ4n) is 2.07. The zero-order valence-corrected chi connectivity index (χ0v) is 11.8. The Kier molecular flexibility index (Phi) is 5.16. The second-order valence-electron chi connectivity index (χ2n) is 4.80. The molecule has 0 spiro atoms. The van der Waals surface area contributed by atoms with Crippen molar-refractivity contribution in [2.75, 3.05) is 11.9 Å². The number of rotatable bonds is 6.